The number of hydrogen-bond acceptors (Lipinski definition) is 4. The van der Waals surface area contributed by atoms with Gasteiger partial charge in [-0.25, -0.2) is 9.59 Å². The van der Waals surface area contributed by atoms with Gasteiger partial charge in [0.25, 0.3) is 0 Å². The number of carbonyl (C=O) groups is 2. The number of rotatable bonds is 3. The van der Waals surface area contributed by atoms with Gasteiger partial charge in [0.15, 0.2) is 0 Å². The highest BCUT2D eigenvalue weighted by Gasteiger charge is 2.20. The third-order valence-corrected chi connectivity index (χ3v) is 3.65. The van der Waals surface area contributed by atoms with Crippen LogP contribution in [0.25, 0.3) is 11.1 Å². The van der Waals surface area contributed by atoms with Gasteiger partial charge in [-0.3, -0.25) is 4.90 Å². The van der Waals surface area contributed by atoms with Gasteiger partial charge in [-0.2, -0.15) is 0 Å². The quantitative estimate of drug-likeness (QED) is 0.794. The Morgan fingerprint density at radius 2 is 1.68 bits per heavy atom. The highest BCUT2D eigenvalue weighted by atomic mass is 16.6. The summed E-state index contributed by atoms with van der Waals surface area (Å²) < 4.78 is 11.8. The summed E-state index contributed by atoms with van der Waals surface area (Å²) in [5, 5.41) is 0. The summed E-state index contributed by atoms with van der Waals surface area (Å²) in [7, 11) is 4.82. The fourth-order valence-electron chi connectivity index (χ4n) is 2.34. The molecule has 0 spiro atoms. The van der Waals surface area contributed by atoms with E-state index in [1.165, 1.54) is 12.0 Å². The Balaban J connectivity index is 2.20. The van der Waals surface area contributed by atoms with E-state index in [0.29, 0.717) is 5.69 Å². The van der Waals surface area contributed by atoms with Crippen molar-refractivity contribution in [2.75, 3.05) is 19.1 Å². The van der Waals surface area contributed by atoms with Crippen LogP contribution in [0.1, 0.15) is 31.3 Å². The molecule has 1 aromatic carbocycles. The van der Waals surface area contributed by atoms with Gasteiger partial charge in [0, 0.05) is 31.5 Å². The molecule has 6 nitrogen and oxygen atoms in total. The van der Waals surface area contributed by atoms with Crippen LogP contribution in [0.15, 0.2) is 36.5 Å². The van der Waals surface area contributed by atoms with E-state index in [1.54, 1.807) is 24.7 Å². The molecule has 0 aliphatic carbocycles. The number of ether oxygens (including phenoxy) is 2. The van der Waals surface area contributed by atoms with Crippen molar-refractivity contribution in [1.82, 2.24) is 4.57 Å². The number of methoxy groups -OCH3 is 1. The fourth-order valence-corrected chi connectivity index (χ4v) is 2.34. The van der Waals surface area contributed by atoms with Gasteiger partial charge in [0.05, 0.1) is 7.11 Å². The molecule has 2 aromatic rings. The maximum atomic E-state index is 12.1. The molecule has 0 N–H and O–H groups in total. The number of benzene rings is 1. The van der Waals surface area contributed by atoms with Crippen molar-refractivity contribution in [3.05, 3.63) is 42.2 Å². The van der Waals surface area contributed by atoms with Crippen molar-refractivity contribution < 1.29 is 19.1 Å². The molecule has 0 unspecified atom stereocenters. The number of amides is 1. The summed E-state index contributed by atoms with van der Waals surface area (Å²) >= 11 is 0. The average molecular weight is 344 g/mol. The van der Waals surface area contributed by atoms with E-state index in [4.69, 9.17) is 9.47 Å². The highest BCUT2D eigenvalue weighted by Crippen LogP contribution is 2.25. The van der Waals surface area contributed by atoms with Crippen LogP contribution in [-0.2, 0) is 16.5 Å². The summed E-state index contributed by atoms with van der Waals surface area (Å²) in [6, 6.07) is 9.24. The topological polar surface area (TPSA) is 60.8 Å². The molecule has 0 saturated carbocycles. The Hall–Kier alpha value is -2.76. The summed E-state index contributed by atoms with van der Waals surface area (Å²) in [5.41, 5.74) is 2.50. The van der Waals surface area contributed by atoms with Crippen molar-refractivity contribution in [2.24, 2.45) is 7.05 Å². The number of aromatic nitrogens is 1. The van der Waals surface area contributed by atoms with Gasteiger partial charge in [0.1, 0.15) is 11.3 Å². The van der Waals surface area contributed by atoms with Crippen molar-refractivity contribution in [3.8, 4) is 11.1 Å². The first kappa shape index (κ1) is 18.6. The van der Waals surface area contributed by atoms with Crippen LogP contribution < -0.4 is 4.90 Å². The molecular weight excluding hydrogens is 320 g/mol. The van der Waals surface area contributed by atoms with Crippen LogP contribution in [-0.4, -0.2) is 36.4 Å². The monoisotopic (exact) mass is 344 g/mol. The number of carbonyl (C=O) groups excluding carboxylic acids is 2. The molecule has 0 saturated heterocycles. The molecule has 0 atom stereocenters. The number of anilines is 1. The first-order valence-electron chi connectivity index (χ1n) is 7.94. The van der Waals surface area contributed by atoms with E-state index in [1.807, 2.05) is 51.2 Å². The minimum Gasteiger partial charge on any atom is -0.464 e. The van der Waals surface area contributed by atoms with Crippen LogP contribution in [0.2, 0.25) is 0 Å². The van der Waals surface area contributed by atoms with Gasteiger partial charge < -0.3 is 14.0 Å². The normalized spacial score (nSPS) is 11.1. The SMILES string of the molecule is COC(=O)c1cc(-c2ccc(N(C)C(=O)OC(C)(C)C)cc2)cn1C. The van der Waals surface area contributed by atoms with Crippen LogP contribution in [0.4, 0.5) is 10.5 Å². The van der Waals surface area contributed by atoms with Gasteiger partial charge in [-0.15, -0.1) is 0 Å². The van der Waals surface area contributed by atoms with E-state index < -0.39 is 11.7 Å². The van der Waals surface area contributed by atoms with Gasteiger partial charge in [0.2, 0.25) is 0 Å². The standard InChI is InChI=1S/C19H24N2O4/c1-19(2,3)25-18(23)21(5)15-9-7-13(8-10-15)14-11-16(17(22)24-6)20(4)12-14/h7-12H,1-6H3. The Labute approximate surface area is 148 Å². The average Bonchev–Trinajstić information content (AvgIpc) is 2.94. The zero-order chi connectivity index (χ0) is 18.8. The Morgan fingerprint density at radius 1 is 1.08 bits per heavy atom. The van der Waals surface area contributed by atoms with E-state index in [-0.39, 0.29) is 5.97 Å². The molecule has 1 amide bonds. The maximum Gasteiger partial charge on any atom is 0.414 e. The zero-order valence-corrected chi connectivity index (χ0v) is 15.5. The number of nitrogens with zero attached hydrogens (tertiary/aromatic N) is 2. The predicted octanol–water partition coefficient (Wildman–Crippen LogP) is 3.85. The lowest BCUT2D eigenvalue weighted by atomic mass is 10.1. The molecule has 0 fully saturated rings. The molecule has 6 heteroatoms. The molecule has 2 rings (SSSR count). The number of esters is 1. The van der Waals surface area contributed by atoms with Crippen LogP contribution in [0.5, 0.6) is 0 Å². The first-order valence-corrected chi connectivity index (χ1v) is 7.94. The molecule has 0 bridgehead atoms. The van der Waals surface area contributed by atoms with E-state index in [2.05, 4.69) is 0 Å². The summed E-state index contributed by atoms with van der Waals surface area (Å²) in [5.74, 6) is -0.380. The lowest BCUT2D eigenvalue weighted by Gasteiger charge is -2.24. The summed E-state index contributed by atoms with van der Waals surface area (Å²) in [4.78, 5) is 25.3. The second-order valence-electron chi connectivity index (χ2n) is 6.80. The third kappa shape index (κ3) is 4.41. The first-order chi connectivity index (χ1) is 11.6. The molecule has 0 aliphatic heterocycles. The fraction of sp³-hybridized carbons (Fsp3) is 0.368. The van der Waals surface area contributed by atoms with E-state index >= 15 is 0 Å². The Bertz CT molecular complexity index is 770. The maximum absolute atomic E-state index is 12.1. The third-order valence-electron chi connectivity index (χ3n) is 3.65. The molecule has 0 aliphatic rings. The van der Waals surface area contributed by atoms with Crippen molar-refractivity contribution in [2.45, 2.75) is 26.4 Å². The van der Waals surface area contributed by atoms with Crippen molar-refractivity contribution in [3.63, 3.8) is 0 Å². The molecular formula is C19H24N2O4. The van der Waals surface area contributed by atoms with Crippen LogP contribution >= 0.6 is 0 Å². The largest absolute Gasteiger partial charge is 0.464 e. The molecule has 1 aromatic heterocycles. The molecule has 25 heavy (non-hydrogen) atoms. The predicted molar refractivity (Wildman–Crippen MR) is 96.8 cm³/mol. The number of aryl methyl sites for hydroxylation is 1. The van der Waals surface area contributed by atoms with Gasteiger partial charge in [-0.1, -0.05) is 12.1 Å². The zero-order valence-electron chi connectivity index (χ0n) is 15.5. The smallest absolute Gasteiger partial charge is 0.414 e. The molecule has 134 valence electrons. The van der Waals surface area contributed by atoms with Crippen LogP contribution in [0, 0.1) is 0 Å². The van der Waals surface area contributed by atoms with E-state index in [0.717, 1.165) is 16.8 Å². The second-order valence-corrected chi connectivity index (χ2v) is 6.80. The minimum atomic E-state index is -0.542. The number of hydrogen-bond donors (Lipinski definition) is 0. The second kappa shape index (κ2) is 7.01. The molecule has 0 radical (unpaired) electrons. The lowest BCUT2D eigenvalue weighted by Crippen LogP contribution is -2.34. The molecule has 1 heterocycles. The van der Waals surface area contributed by atoms with Crippen molar-refractivity contribution >= 4 is 17.7 Å². The highest BCUT2D eigenvalue weighted by molar-refractivity contribution is 5.90. The Kier molecular flexibility index (Phi) is 5.21. The summed E-state index contributed by atoms with van der Waals surface area (Å²) in [6.45, 7) is 5.49. The van der Waals surface area contributed by atoms with Gasteiger partial charge >= 0.3 is 12.1 Å². The van der Waals surface area contributed by atoms with Crippen molar-refractivity contribution in [1.29, 1.82) is 0 Å². The van der Waals surface area contributed by atoms with E-state index in [9.17, 15) is 9.59 Å². The summed E-state index contributed by atoms with van der Waals surface area (Å²) in [6.07, 6.45) is 1.45. The minimum absolute atomic E-state index is 0.380. The lowest BCUT2D eigenvalue weighted by molar-refractivity contribution is 0.0580. The van der Waals surface area contributed by atoms with Crippen LogP contribution in [0.3, 0.4) is 0 Å². The van der Waals surface area contributed by atoms with Gasteiger partial charge in [-0.05, 0) is 44.5 Å². The Morgan fingerprint density at radius 3 is 2.20 bits per heavy atom.